The van der Waals surface area contributed by atoms with E-state index < -0.39 is 14.3 Å². The van der Waals surface area contributed by atoms with Gasteiger partial charge in [0.05, 0.1) is 6.10 Å². The van der Waals surface area contributed by atoms with Gasteiger partial charge < -0.3 is 9.53 Å². The van der Waals surface area contributed by atoms with Crippen LogP contribution in [0.4, 0.5) is 0 Å². The highest BCUT2D eigenvalue weighted by Crippen LogP contribution is 2.37. The number of aliphatic carboxylic acids is 1. The molecule has 0 heterocycles. The first-order valence-electron chi connectivity index (χ1n) is 8.63. The fourth-order valence-corrected chi connectivity index (χ4v) is 3.10. The van der Waals surface area contributed by atoms with E-state index in [1.807, 2.05) is 6.08 Å². The second kappa shape index (κ2) is 11.2. The average molecular weight is 351 g/mol. The average Bonchev–Trinajstić information content (AvgIpc) is 2.42. The summed E-state index contributed by atoms with van der Waals surface area (Å²) in [7, 11) is -1.70. The molecule has 0 aromatic rings. The molecule has 0 aliphatic heterocycles. The van der Waals surface area contributed by atoms with Gasteiger partial charge in [0.1, 0.15) is 0 Å². The number of hydrogen-bond donors (Lipinski definition) is 1. The third kappa shape index (κ3) is 11.2. The molecule has 0 radical (unpaired) electrons. The van der Waals surface area contributed by atoms with Gasteiger partial charge in [-0.05, 0) is 44.3 Å². The molecule has 24 heavy (non-hydrogen) atoms. The van der Waals surface area contributed by atoms with Crippen molar-refractivity contribution in [3.8, 4) is 0 Å². The van der Waals surface area contributed by atoms with E-state index in [1.165, 1.54) is 0 Å². The summed E-state index contributed by atoms with van der Waals surface area (Å²) in [5, 5.41) is 8.67. The maximum absolute atomic E-state index is 10.3. The van der Waals surface area contributed by atoms with Crippen LogP contribution >= 0.6 is 0 Å². The second-order valence-electron chi connectivity index (χ2n) is 7.45. The van der Waals surface area contributed by atoms with Crippen LogP contribution in [0.5, 0.6) is 0 Å². The van der Waals surface area contributed by atoms with Crippen molar-refractivity contribution in [2.75, 3.05) is 0 Å². The van der Waals surface area contributed by atoms with Crippen LogP contribution in [0.15, 0.2) is 48.6 Å². The number of carboxylic acids is 1. The Morgan fingerprint density at radius 2 is 1.62 bits per heavy atom. The lowest BCUT2D eigenvalue weighted by Gasteiger charge is -2.37. The van der Waals surface area contributed by atoms with E-state index in [0.717, 1.165) is 25.3 Å². The van der Waals surface area contributed by atoms with Gasteiger partial charge >= 0.3 is 5.97 Å². The normalized spacial score (nSPS) is 15.2. The van der Waals surface area contributed by atoms with Crippen molar-refractivity contribution in [1.82, 2.24) is 0 Å². The molecular formula is C20H34O3Si. The van der Waals surface area contributed by atoms with E-state index >= 15 is 0 Å². The topological polar surface area (TPSA) is 46.5 Å². The Hall–Kier alpha value is -1.39. The van der Waals surface area contributed by atoms with E-state index in [1.54, 1.807) is 12.2 Å². The zero-order valence-corrected chi connectivity index (χ0v) is 17.1. The van der Waals surface area contributed by atoms with Gasteiger partial charge in [0, 0.05) is 6.08 Å². The highest BCUT2D eigenvalue weighted by molar-refractivity contribution is 6.74. The second-order valence-corrected chi connectivity index (χ2v) is 12.2. The summed E-state index contributed by atoms with van der Waals surface area (Å²) in [6, 6.07) is 0. The summed E-state index contributed by atoms with van der Waals surface area (Å²) in [6.07, 6.45) is 18.0. The zero-order valence-electron chi connectivity index (χ0n) is 16.1. The van der Waals surface area contributed by atoms with Crippen LogP contribution in [-0.2, 0) is 9.22 Å². The van der Waals surface area contributed by atoms with Crippen LogP contribution in [0, 0.1) is 0 Å². The zero-order chi connectivity index (χ0) is 18.6. The Bertz CT molecular complexity index is 480. The monoisotopic (exact) mass is 350 g/mol. The molecule has 1 atom stereocenters. The lowest BCUT2D eigenvalue weighted by Crippen LogP contribution is -2.42. The molecule has 0 spiro atoms. The maximum atomic E-state index is 10.3. The Morgan fingerprint density at radius 3 is 2.12 bits per heavy atom. The van der Waals surface area contributed by atoms with Gasteiger partial charge in [-0.25, -0.2) is 4.79 Å². The predicted octanol–water partition coefficient (Wildman–Crippen LogP) is 5.88. The number of carbonyl (C=O) groups is 1. The Labute approximate surface area is 148 Å². The quantitative estimate of drug-likeness (QED) is 0.232. The molecule has 0 bridgehead atoms. The number of carboxylic acid groups (broad SMARTS) is 1. The van der Waals surface area contributed by atoms with Gasteiger partial charge in [-0.2, -0.15) is 0 Å². The summed E-state index contributed by atoms with van der Waals surface area (Å²) in [5.74, 6) is -0.916. The van der Waals surface area contributed by atoms with Crippen molar-refractivity contribution in [3.63, 3.8) is 0 Å². The highest BCUT2D eigenvalue weighted by Gasteiger charge is 2.37. The summed E-state index contributed by atoms with van der Waals surface area (Å²) in [4.78, 5) is 10.3. The van der Waals surface area contributed by atoms with E-state index in [-0.39, 0.29) is 11.1 Å². The molecule has 1 N–H and O–H groups in total. The molecule has 136 valence electrons. The van der Waals surface area contributed by atoms with Gasteiger partial charge in [-0.1, -0.05) is 63.3 Å². The highest BCUT2D eigenvalue weighted by atomic mass is 28.4. The molecule has 4 heteroatoms. The Kier molecular flexibility index (Phi) is 10.6. The molecule has 0 aliphatic carbocycles. The van der Waals surface area contributed by atoms with Crippen LogP contribution in [-0.4, -0.2) is 25.5 Å². The first-order valence-corrected chi connectivity index (χ1v) is 11.5. The van der Waals surface area contributed by atoms with E-state index in [2.05, 4.69) is 65.1 Å². The standard InChI is InChI=1S/C20H34O3Si/c1-18(23-24(5,6)20(2,3)4)16-14-12-10-8-7-9-11-13-15-17-19(21)22/h10-18H,7-9H2,1-6H3,(H,21,22)/b12-10+,13-11+,16-14+,17-15+/t18-/m0/s1. The summed E-state index contributed by atoms with van der Waals surface area (Å²) >= 11 is 0. The molecule has 0 amide bonds. The van der Waals surface area contributed by atoms with Crippen LogP contribution in [0.2, 0.25) is 18.1 Å². The van der Waals surface area contributed by atoms with Gasteiger partial charge in [0.15, 0.2) is 8.32 Å². The molecule has 0 aromatic heterocycles. The summed E-state index contributed by atoms with van der Waals surface area (Å²) in [5.41, 5.74) is 0. The number of rotatable bonds is 10. The number of unbranched alkanes of at least 4 members (excludes halogenated alkanes) is 2. The van der Waals surface area contributed by atoms with Gasteiger partial charge in [-0.3, -0.25) is 0 Å². The van der Waals surface area contributed by atoms with Crippen molar-refractivity contribution < 1.29 is 14.3 Å². The third-order valence-corrected chi connectivity index (χ3v) is 8.72. The van der Waals surface area contributed by atoms with E-state index in [0.29, 0.717) is 0 Å². The molecule has 0 rings (SSSR count). The minimum atomic E-state index is -1.70. The third-order valence-electron chi connectivity index (χ3n) is 4.14. The van der Waals surface area contributed by atoms with Crippen molar-refractivity contribution in [3.05, 3.63) is 48.6 Å². The van der Waals surface area contributed by atoms with Crippen molar-refractivity contribution >= 4 is 14.3 Å². The molecular weight excluding hydrogens is 316 g/mol. The lowest BCUT2D eigenvalue weighted by atomic mass is 10.2. The SMILES string of the molecule is C[C@@H](/C=C/C=C/CCC/C=C/C=C/C(=O)O)O[Si](C)(C)C(C)(C)C. The smallest absolute Gasteiger partial charge is 0.328 e. The Balaban J connectivity index is 3.99. The van der Waals surface area contributed by atoms with Crippen LogP contribution in [0.3, 0.4) is 0 Å². The first-order chi connectivity index (χ1) is 11.1. The maximum Gasteiger partial charge on any atom is 0.328 e. The molecule has 3 nitrogen and oxygen atoms in total. The molecule has 0 aliphatic rings. The van der Waals surface area contributed by atoms with E-state index in [9.17, 15) is 4.79 Å². The Morgan fingerprint density at radius 1 is 1.08 bits per heavy atom. The minimum Gasteiger partial charge on any atom is -0.478 e. The minimum absolute atomic E-state index is 0.138. The number of allylic oxidation sites excluding steroid dienone is 6. The van der Waals surface area contributed by atoms with Crippen LogP contribution in [0.25, 0.3) is 0 Å². The number of hydrogen-bond acceptors (Lipinski definition) is 2. The van der Waals surface area contributed by atoms with Gasteiger partial charge in [-0.15, -0.1) is 0 Å². The van der Waals surface area contributed by atoms with Gasteiger partial charge in [0.25, 0.3) is 0 Å². The molecule has 0 saturated carbocycles. The molecule has 0 saturated heterocycles. The van der Waals surface area contributed by atoms with Crippen molar-refractivity contribution in [1.29, 1.82) is 0 Å². The summed E-state index contributed by atoms with van der Waals surface area (Å²) < 4.78 is 6.26. The van der Waals surface area contributed by atoms with Crippen LogP contribution < -0.4 is 0 Å². The predicted molar refractivity (Wildman–Crippen MR) is 106 cm³/mol. The van der Waals surface area contributed by atoms with Crippen molar-refractivity contribution in [2.24, 2.45) is 0 Å². The first kappa shape index (κ1) is 22.6. The fraction of sp³-hybridized carbons (Fsp3) is 0.550. The fourth-order valence-electron chi connectivity index (χ4n) is 1.74. The van der Waals surface area contributed by atoms with Crippen LogP contribution in [0.1, 0.15) is 47.0 Å². The van der Waals surface area contributed by atoms with Gasteiger partial charge in [0.2, 0.25) is 0 Å². The van der Waals surface area contributed by atoms with Crippen molar-refractivity contribution in [2.45, 2.75) is 71.2 Å². The largest absolute Gasteiger partial charge is 0.478 e. The lowest BCUT2D eigenvalue weighted by molar-refractivity contribution is -0.131. The molecule has 0 fully saturated rings. The molecule has 0 aromatic carbocycles. The molecule has 0 unspecified atom stereocenters. The summed E-state index contributed by atoms with van der Waals surface area (Å²) in [6.45, 7) is 13.4. The van der Waals surface area contributed by atoms with E-state index in [4.69, 9.17) is 9.53 Å².